The number of rotatable bonds is 10. The normalized spacial score (nSPS) is 11.9. The molecular formula is C22H35N5S. The van der Waals surface area contributed by atoms with E-state index in [9.17, 15) is 0 Å². The maximum absolute atomic E-state index is 4.82. The number of hydrogen-bond donors (Lipinski definition) is 2. The summed E-state index contributed by atoms with van der Waals surface area (Å²) in [6.45, 7) is 16.2. The second-order valence-corrected chi connectivity index (χ2v) is 8.14. The van der Waals surface area contributed by atoms with Crippen LogP contribution in [0.2, 0.25) is 0 Å². The first-order valence-electron chi connectivity index (χ1n) is 10.3. The van der Waals surface area contributed by atoms with Crippen molar-refractivity contribution >= 4 is 17.3 Å². The third-order valence-corrected chi connectivity index (χ3v) is 6.00. The quantitative estimate of drug-likeness (QED) is 0.468. The smallest absolute Gasteiger partial charge is 0.191 e. The van der Waals surface area contributed by atoms with Gasteiger partial charge in [0.05, 0.1) is 17.2 Å². The summed E-state index contributed by atoms with van der Waals surface area (Å²) < 4.78 is 0. The molecule has 2 N–H and O–H groups in total. The highest BCUT2D eigenvalue weighted by atomic mass is 32.1. The van der Waals surface area contributed by atoms with Gasteiger partial charge in [0.2, 0.25) is 0 Å². The van der Waals surface area contributed by atoms with E-state index < -0.39 is 0 Å². The first kappa shape index (κ1) is 22.4. The Bertz CT molecular complexity index is 730. The van der Waals surface area contributed by atoms with Gasteiger partial charge >= 0.3 is 0 Å². The van der Waals surface area contributed by atoms with Gasteiger partial charge in [-0.3, -0.25) is 4.90 Å². The monoisotopic (exact) mass is 401 g/mol. The highest BCUT2D eigenvalue weighted by Crippen LogP contribution is 2.16. The number of benzene rings is 1. The first-order valence-corrected chi connectivity index (χ1v) is 11.1. The number of aliphatic imine (C=N–C) groups is 1. The van der Waals surface area contributed by atoms with Gasteiger partial charge in [0, 0.05) is 30.9 Å². The molecule has 0 unspecified atom stereocenters. The van der Waals surface area contributed by atoms with Crippen molar-refractivity contribution < 1.29 is 0 Å². The molecule has 28 heavy (non-hydrogen) atoms. The maximum Gasteiger partial charge on any atom is 0.191 e. The van der Waals surface area contributed by atoms with Gasteiger partial charge in [-0.2, -0.15) is 0 Å². The number of guanidine groups is 1. The minimum absolute atomic E-state index is 0.683. The van der Waals surface area contributed by atoms with Gasteiger partial charge in [0.25, 0.3) is 0 Å². The lowest BCUT2D eigenvalue weighted by Crippen LogP contribution is -2.38. The molecule has 0 radical (unpaired) electrons. The zero-order valence-electron chi connectivity index (χ0n) is 18.0. The molecule has 1 heterocycles. The van der Waals surface area contributed by atoms with Gasteiger partial charge in [-0.1, -0.05) is 38.1 Å². The molecule has 0 spiro atoms. The second kappa shape index (κ2) is 11.8. The van der Waals surface area contributed by atoms with E-state index in [1.165, 1.54) is 21.0 Å². The van der Waals surface area contributed by atoms with Crippen molar-refractivity contribution in [1.82, 2.24) is 20.5 Å². The summed E-state index contributed by atoms with van der Waals surface area (Å²) in [5, 5.41) is 7.98. The molecule has 1 aromatic carbocycles. The van der Waals surface area contributed by atoms with E-state index in [2.05, 4.69) is 79.4 Å². The second-order valence-electron chi connectivity index (χ2n) is 6.85. The Morgan fingerprint density at radius 3 is 2.39 bits per heavy atom. The number of aryl methyl sites for hydroxylation is 2. The van der Waals surface area contributed by atoms with Crippen LogP contribution in [0.1, 0.15) is 47.5 Å². The van der Waals surface area contributed by atoms with Gasteiger partial charge in [-0.15, -0.1) is 11.3 Å². The minimum atomic E-state index is 0.683. The van der Waals surface area contributed by atoms with Crippen molar-refractivity contribution in [3.8, 4) is 0 Å². The first-order chi connectivity index (χ1) is 13.6. The molecule has 0 amide bonds. The number of aromatic nitrogens is 1. The van der Waals surface area contributed by atoms with Gasteiger partial charge in [0.15, 0.2) is 5.96 Å². The summed E-state index contributed by atoms with van der Waals surface area (Å²) in [5.74, 6) is 0.866. The molecule has 0 aliphatic carbocycles. The van der Waals surface area contributed by atoms with Gasteiger partial charge in [-0.25, -0.2) is 9.98 Å². The molecule has 2 rings (SSSR count). The third-order valence-electron chi connectivity index (χ3n) is 4.86. The molecule has 0 bridgehead atoms. The van der Waals surface area contributed by atoms with E-state index in [1.54, 1.807) is 11.3 Å². The van der Waals surface area contributed by atoms with Crippen LogP contribution in [0.5, 0.6) is 0 Å². The van der Waals surface area contributed by atoms with Crippen LogP contribution < -0.4 is 10.6 Å². The summed E-state index contributed by atoms with van der Waals surface area (Å²) in [6.07, 6.45) is 0.919. The van der Waals surface area contributed by atoms with E-state index in [0.717, 1.165) is 50.8 Å². The molecule has 1 aromatic heterocycles. The fraction of sp³-hybridized carbons (Fsp3) is 0.545. The molecular weight excluding hydrogens is 366 g/mol. The molecule has 2 aromatic rings. The van der Waals surface area contributed by atoms with E-state index >= 15 is 0 Å². The Kier molecular flexibility index (Phi) is 9.44. The van der Waals surface area contributed by atoms with Crippen LogP contribution >= 0.6 is 11.3 Å². The maximum atomic E-state index is 4.82. The van der Waals surface area contributed by atoms with Gasteiger partial charge in [0.1, 0.15) is 0 Å². The predicted molar refractivity (Wildman–Crippen MR) is 121 cm³/mol. The van der Waals surface area contributed by atoms with Gasteiger partial charge < -0.3 is 10.6 Å². The lowest BCUT2D eigenvalue weighted by atomic mass is 10.1. The molecule has 0 aliphatic heterocycles. The molecule has 5 nitrogen and oxygen atoms in total. The fourth-order valence-corrected chi connectivity index (χ4v) is 3.93. The lowest BCUT2D eigenvalue weighted by Gasteiger charge is -2.20. The Morgan fingerprint density at radius 1 is 1.07 bits per heavy atom. The molecule has 0 fully saturated rings. The van der Waals surface area contributed by atoms with Crippen LogP contribution in [0.25, 0.3) is 0 Å². The molecule has 0 saturated carbocycles. The zero-order valence-corrected chi connectivity index (χ0v) is 18.8. The zero-order chi connectivity index (χ0) is 20.4. The number of nitrogens with one attached hydrogen (secondary N) is 2. The summed E-state index contributed by atoms with van der Waals surface area (Å²) >= 11 is 1.79. The molecule has 0 atom stereocenters. The van der Waals surface area contributed by atoms with Crippen LogP contribution in [0.4, 0.5) is 0 Å². The number of thiazole rings is 1. The SMILES string of the molecule is CCNC(=NCc1ccccc1CN(CC)CC)NCCc1nc(C)c(C)s1. The average Bonchev–Trinajstić information content (AvgIpc) is 3.02. The van der Waals surface area contributed by atoms with E-state index in [1.807, 2.05) is 0 Å². The van der Waals surface area contributed by atoms with Crippen molar-refractivity contribution in [1.29, 1.82) is 0 Å². The van der Waals surface area contributed by atoms with Gasteiger partial charge in [-0.05, 0) is 45.0 Å². The Hall–Kier alpha value is -1.92. The summed E-state index contributed by atoms with van der Waals surface area (Å²) in [4.78, 5) is 13.2. The Balaban J connectivity index is 1.98. The fourth-order valence-electron chi connectivity index (χ4n) is 2.99. The molecule has 0 aliphatic rings. The topological polar surface area (TPSA) is 52.6 Å². The average molecular weight is 402 g/mol. The molecule has 154 valence electrons. The molecule has 0 saturated heterocycles. The van der Waals surface area contributed by atoms with E-state index in [-0.39, 0.29) is 0 Å². The highest BCUT2D eigenvalue weighted by Gasteiger charge is 2.07. The highest BCUT2D eigenvalue weighted by molar-refractivity contribution is 7.11. The van der Waals surface area contributed by atoms with Crippen LogP contribution in [-0.4, -0.2) is 42.0 Å². The van der Waals surface area contributed by atoms with E-state index in [4.69, 9.17) is 4.99 Å². The Morgan fingerprint density at radius 2 is 1.79 bits per heavy atom. The minimum Gasteiger partial charge on any atom is -0.357 e. The van der Waals surface area contributed by atoms with Crippen molar-refractivity contribution in [3.05, 3.63) is 51.0 Å². The number of nitrogens with zero attached hydrogens (tertiary/aromatic N) is 3. The third kappa shape index (κ3) is 6.91. The predicted octanol–water partition coefficient (Wildman–Crippen LogP) is 3.90. The van der Waals surface area contributed by atoms with Crippen molar-refractivity contribution in [2.24, 2.45) is 4.99 Å². The summed E-state index contributed by atoms with van der Waals surface area (Å²) in [6, 6.07) is 8.63. The van der Waals surface area contributed by atoms with Crippen molar-refractivity contribution in [3.63, 3.8) is 0 Å². The van der Waals surface area contributed by atoms with Crippen molar-refractivity contribution in [2.45, 2.75) is 54.1 Å². The largest absolute Gasteiger partial charge is 0.357 e. The standard InChI is InChI=1S/C22H35N5S/c1-6-23-22(24-14-13-21-26-17(4)18(5)28-21)25-15-19-11-9-10-12-20(19)16-27(7-2)8-3/h9-12H,6-8,13-16H2,1-5H3,(H2,23,24,25). The molecule has 6 heteroatoms. The lowest BCUT2D eigenvalue weighted by molar-refractivity contribution is 0.295. The van der Waals surface area contributed by atoms with E-state index in [0.29, 0.717) is 6.54 Å². The van der Waals surface area contributed by atoms with Crippen LogP contribution in [0.15, 0.2) is 29.3 Å². The van der Waals surface area contributed by atoms with Crippen LogP contribution in [-0.2, 0) is 19.5 Å². The Labute approximate surface area is 174 Å². The van der Waals surface area contributed by atoms with Crippen LogP contribution in [0.3, 0.4) is 0 Å². The summed E-state index contributed by atoms with van der Waals surface area (Å²) in [7, 11) is 0. The number of hydrogen-bond acceptors (Lipinski definition) is 4. The van der Waals surface area contributed by atoms with Crippen molar-refractivity contribution in [2.75, 3.05) is 26.2 Å². The van der Waals surface area contributed by atoms with Crippen LogP contribution in [0, 0.1) is 13.8 Å². The summed E-state index contributed by atoms with van der Waals surface area (Å²) in [5.41, 5.74) is 3.79.